The van der Waals surface area contributed by atoms with Crippen LogP contribution in [0.3, 0.4) is 0 Å². The molecule has 0 heterocycles. The van der Waals surface area contributed by atoms with Crippen molar-refractivity contribution in [2.75, 3.05) is 0 Å². The third kappa shape index (κ3) is 2.08. The predicted octanol–water partition coefficient (Wildman–Crippen LogP) is 0.425. The van der Waals surface area contributed by atoms with Gasteiger partial charge in [-0.05, 0) is 12.5 Å². The highest BCUT2D eigenvalue weighted by molar-refractivity contribution is 5.84. The zero-order chi connectivity index (χ0) is 8.27. The Morgan fingerprint density at radius 3 is 2.45 bits per heavy atom. The second-order valence-electron chi connectivity index (χ2n) is 2.48. The van der Waals surface area contributed by atoms with Crippen molar-refractivity contribution in [2.24, 2.45) is 5.92 Å². The summed E-state index contributed by atoms with van der Waals surface area (Å²) >= 11 is 0. The van der Waals surface area contributed by atoms with Gasteiger partial charge in [0.05, 0.1) is 5.97 Å². The van der Waals surface area contributed by atoms with E-state index in [0.717, 1.165) is 0 Å². The Morgan fingerprint density at radius 2 is 2.00 bits per heavy atom. The maximum Gasteiger partial charge on any atom is 0.0669 e. The van der Waals surface area contributed by atoms with Crippen molar-refractivity contribution in [3.05, 3.63) is 36.0 Å². The van der Waals surface area contributed by atoms with Crippen LogP contribution in [-0.2, 0) is 4.79 Å². The molecule has 2 heteroatoms. The number of aliphatic carboxylic acids is 1. The molecule has 0 saturated carbocycles. The second-order valence-corrected chi connectivity index (χ2v) is 2.48. The number of allylic oxidation sites excluding steroid dienone is 5. The minimum absolute atomic E-state index is 0.132. The number of hydrogen-bond acceptors (Lipinski definition) is 2. The van der Waals surface area contributed by atoms with E-state index in [4.69, 9.17) is 0 Å². The molecule has 0 atom stereocenters. The lowest BCUT2D eigenvalue weighted by atomic mass is 10.1. The fourth-order valence-electron chi connectivity index (χ4n) is 0.917. The summed E-state index contributed by atoms with van der Waals surface area (Å²) in [5.41, 5.74) is 0.284. The molecular weight excluding hydrogens is 140 g/mol. The molecule has 58 valence electrons. The van der Waals surface area contributed by atoms with Gasteiger partial charge in [-0.25, -0.2) is 0 Å². The minimum atomic E-state index is -1.10. The van der Waals surface area contributed by atoms with Crippen molar-refractivity contribution in [1.82, 2.24) is 0 Å². The average molecular weight is 149 g/mol. The molecule has 0 aromatic carbocycles. The van der Waals surface area contributed by atoms with Gasteiger partial charge in [-0.2, -0.15) is 0 Å². The molecule has 0 unspecified atom stereocenters. The molecular formula is C9H9O2-. The minimum Gasteiger partial charge on any atom is -0.545 e. The molecule has 0 saturated heterocycles. The van der Waals surface area contributed by atoms with E-state index in [9.17, 15) is 9.90 Å². The zero-order valence-corrected chi connectivity index (χ0v) is 6.28. The largest absolute Gasteiger partial charge is 0.545 e. The molecule has 0 bridgehead atoms. The van der Waals surface area contributed by atoms with Crippen molar-refractivity contribution in [3.8, 4) is 0 Å². The van der Waals surface area contributed by atoms with E-state index < -0.39 is 5.97 Å². The molecule has 0 amide bonds. The first-order valence-corrected chi connectivity index (χ1v) is 3.45. The summed E-state index contributed by atoms with van der Waals surface area (Å²) in [5, 5.41) is 10.3. The van der Waals surface area contributed by atoms with E-state index in [0.29, 0.717) is 0 Å². The van der Waals surface area contributed by atoms with Gasteiger partial charge in [0.25, 0.3) is 0 Å². The fourth-order valence-corrected chi connectivity index (χ4v) is 0.917. The van der Waals surface area contributed by atoms with Crippen LogP contribution in [0, 0.1) is 5.92 Å². The number of rotatable bonds is 2. The highest BCUT2D eigenvalue weighted by atomic mass is 16.4. The van der Waals surface area contributed by atoms with Crippen molar-refractivity contribution < 1.29 is 9.90 Å². The van der Waals surface area contributed by atoms with Crippen LogP contribution in [0.15, 0.2) is 36.0 Å². The number of carbonyl (C=O) groups excluding carboxylic acids is 1. The van der Waals surface area contributed by atoms with Gasteiger partial charge in [0.2, 0.25) is 0 Å². The van der Waals surface area contributed by atoms with Gasteiger partial charge in [0.15, 0.2) is 0 Å². The Labute approximate surface area is 65.5 Å². The van der Waals surface area contributed by atoms with Crippen molar-refractivity contribution in [1.29, 1.82) is 0 Å². The molecule has 0 N–H and O–H groups in total. The summed E-state index contributed by atoms with van der Waals surface area (Å²) in [6, 6.07) is 0. The van der Waals surface area contributed by atoms with E-state index in [-0.39, 0.29) is 11.5 Å². The normalized spacial score (nSPS) is 17.7. The summed E-state index contributed by atoms with van der Waals surface area (Å²) in [6.45, 7) is 1.54. The second kappa shape index (κ2) is 3.19. The summed E-state index contributed by atoms with van der Waals surface area (Å²) in [4.78, 5) is 10.3. The summed E-state index contributed by atoms with van der Waals surface area (Å²) in [6.07, 6.45) is 9.29. The lowest BCUT2D eigenvalue weighted by molar-refractivity contribution is -0.299. The van der Waals surface area contributed by atoms with Gasteiger partial charge >= 0.3 is 0 Å². The first-order valence-electron chi connectivity index (χ1n) is 3.45. The van der Waals surface area contributed by atoms with Gasteiger partial charge in [-0.15, -0.1) is 0 Å². The van der Waals surface area contributed by atoms with Crippen LogP contribution in [0.5, 0.6) is 0 Å². The molecule has 11 heavy (non-hydrogen) atoms. The summed E-state index contributed by atoms with van der Waals surface area (Å²) in [5.74, 6) is -0.966. The van der Waals surface area contributed by atoms with Gasteiger partial charge in [0, 0.05) is 5.92 Å². The average Bonchev–Trinajstić information content (AvgIpc) is 2.39. The maximum absolute atomic E-state index is 10.3. The Bertz CT molecular complexity index is 234. The maximum atomic E-state index is 10.3. The Hall–Kier alpha value is -1.31. The molecule has 1 rings (SSSR count). The number of carboxylic acids is 1. The monoisotopic (exact) mass is 149 g/mol. The zero-order valence-electron chi connectivity index (χ0n) is 6.28. The first kappa shape index (κ1) is 7.79. The summed E-state index contributed by atoms with van der Waals surface area (Å²) in [7, 11) is 0. The van der Waals surface area contributed by atoms with Crippen LogP contribution >= 0.6 is 0 Å². The fraction of sp³-hybridized carbons (Fsp3) is 0.222. The van der Waals surface area contributed by atoms with E-state index in [1.165, 1.54) is 6.92 Å². The molecule has 0 radical (unpaired) electrons. The van der Waals surface area contributed by atoms with Crippen molar-refractivity contribution in [2.45, 2.75) is 6.92 Å². The Kier molecular flexibility index (Phi) is 2.26. The lowest BCUT2D eigenvalue weighted by Crippen LogP contribution is -2.23. The van der Waals surface area contributed by atoms with E-state index >= 15 is 0 Å². The van der Waals surface area contributed by atoms with Gasteiger partial charge in [-0.3, -0.25) is 0 Å². The van der Waals surface area contributed by atoms with Crippen molar-refractivity contribution in [3.63, 3.8) is 0 Å². The third-order valence-corrected chi connectivity index (χ3v) is 1.54. The van der Waals surface area contributed by atoms with E-state index in [1.54, 1.807) is 6.08 Å². The first-order chi connectivity index (χ1) is 5.20. The van der Waals surface area contributed by atoms with Gasteiger partial charge < -0.3 is 9.90 Å². The molecule has 1 aliphatic rings. The number of hydrogen-bond donors (Lipinski definition) is 0. The quantitative estimate of drug-likeness (QED) is 0.534. The molecule has 0 fully saturated rings. The smallest absolute Gasteiger partial charge is 0.0669 e. The van der Waals surface area contributed by atoms with E-state index in [2.05, 4.69) is 0 Å². The third-order valence-electron chi connectivity index (χ3n) is 1.54. The van der Waals surface area contributed by atoms with Gasteiger partial charge in [0.1, 0.15) is 0 Å². The Balaban J connectivity index is 2.64. The van der Waals surface area contributed by atoms with Crippen LogP contribution in [0.25, 0.3) is 0 Å². The van der Waals surface area contributed by atoms with Crippen molar-refractivity contribution >= 4 is 5.97 Å². The van der Waals surface area contributed by atoms with Crippen LogP contribution in [-0.4, -0.2) is 5.97 Å². The number of carbonyl (C=O) groups is 1. The predicted molar refractivity (Wildman–Crippen MR) is 40.5 cm³/mol. The molecule has 0 aromatic rings. The van der Waals surface area contributed by atoms with Crippen LogP contribution in [0.1, 0.15) is 6.92 Å². The highest BCUT2D eigenvalue weighted by Crippen LogP contribution is 2.11. The van der Waals surface area contributed by atoms with Crippen LogP contribution in [0.4, 0.5) is 0 Å². The van der Waals surface area contributed by atoms with Crippen LogP contribution in [0.2, 0.25) is 0 Å². The summed E-state index contributed by atoms with van der Waals surface area (Å²) < 4.78 is 0. The van der Waals surface area contributed by atoms with E-state index in [1.807, 2.05) is 24.3 Å². The molecule has 2 nitrogen and oxygen atoms in total. The van der Waals surface area contributed by atoms with Crippen LogP contribution < -0.4 is 5.11 Å². The molecule has 0 aromatic heterocycles. The SMILES string of the molecule is C/C(=C\C1C=CC=C1)C(=O)[O-]. The van der Waals surface area contributed by atoms with Gasteiger partial charge in [-0.1, -0.05) is 30.4 Å². The number of carboxylic acid groups (broad SMARTS) is 1. The molecule has 1 aliphatic carbocycles. The topological polar surface area (TPSA) is 40.1 Å². The molecule has 0 aliphatic heterocycles. The lowest BCUT2D eigenvalue weighted by Gasteiger charge is -2.03. The molecule has 0 spiro atoms. The standard InChI is InChI=1S/C9H10O2/c1-7(9(10)11)6-8-4-2-3-5-8/h2-6,8H,1H3,(H,10,11)/p-1/b7-6+. The highest BCUT2D eigenvalue weighted by Gasteiger charge is 1.99. The Morgan fingerprint density at radius 1 is 1.45 bits per heavy atom.